The van der Waals surface area contributed by atoms with Crippen LogP contribution in [0.1, 0.15) is 12.0 Å². The Kier molecular flexibility index (Phi) is 8.23. The number of benzene rings is 2. The highest BCUT2D eigenvalue weighted by Crippen LogP contribution is 2.27. The molecule has 41 heavy (non-hydrogen) atoms. The topological polar surface area (TPSA) is 152 Å². The van der Waals surface area contributed by atoms with Crippen molar-refractivity contribution in [1.82, 2.24) is 23.8 Å². The van der Waals surface area contributed by atoms with Crippen LogP contribution in [0.4, 0.5) is 11.5 Å². The maximum Gasteiger partial charge on any atom is 0.270 e. The van der Waals surface area contributed by atoms with E-state index in [0.29, 0.717) is 30.1 Å². The van der Waals surface area contributed by atoms with E-state index in [2.05, 4.69) is 10.4 Å². The smallest absolute Gasteiger partial charge is 0.270 e. The average Bonchev–Trinajstić information content (AvgIpc) is 3.40. The molecule has 5 rings (SSSR count). The minimum Gasteiger partial charge on any atom is -0.384 e. The molecule has 4 aromatic rings. The Balaban J connectivity index is 1.57. The number of rotatable bonds is 6. The first-order valence-electron chi connectivity index (χ1n) is 12.9. The second-order valence-corrected chi connectivity index (χ2v) is 11.4. The molecular weight excluding hydrogens is 550 g/mol. The molecule has 14 heteroatoms. The number of carbonyl (C=O) groups excluding carboxylic acids is 1. The van der Waals surface area contributed by atoms with Gasteiger partial charge in [-0.1, -0.05) is 24.3 Å². The molecule has 1 N–H and O–H groups in total. The number of carbonyl (C=O) groups is 1. The molecule has 0 aliphatic carbocycles. The number of hydrogen-bond donors (Lipinski definition) is 1. The quantitative estimate of drug-likeness (QED) is 0.268. The number of amides is 1. The second kappa shape index (κ2) is 12.0. The van der Waals surface area contributed by atoms with Gasteiger partial charge in [0.05, 0.1) is 29.0 Å². The maximum atomic E-state index is 13.9. The van der Waals surface area contributed by atoms with Crippen LogP contribution in [0.5, 0.6) is 0 Å². The van der Waals surface area contributed by atoms with Crippen LogP contribution in [0, 0.1) is 10.1 Å². The number of non-ortho nitro benzene ring substituents is 1. The number of nitro groups is 1. The average molecular weight is 580 g/mol. The van der Waals surface area contributed by atoms with Crippen LogP contribution in [0.2, 0.25) is 0 Å². The first kappa shape index (κ1) is 28.1. The minimum atomic E-state index is -4.18. The van der Waals surface area contributed by atoms with Crippen LogP contribution in [0.3, 0.4) is 0 Å². The van der Waals surface area contributed by atoms with E-state index in [1.54, 1.807) is 27.9 Å². The van der Waals surface area contributed by atoms with Gasteiger partial charge >= 0.3 is 0 Å². The highest BCUT2D eigenvalue weighted by Gasteiger charge is 2.28. The molecule has 2 aromatic heterocycles. The Morgan fingerprint density at radius 3 is 2.76 bits per heavy atom. The molecule has 3 heterocycles. The normalized spacial score (nSPS) is 14.8. The van der Waals surface area contributed by atoms with Crippen LogP contribution >= 0.6 is 0 Å². The van der Waals surface area contributed by atoms with E-state index < -0.39 is 14.9 Å². The van der Waals surface area contributed by atoms with E-state index in [0.717, 1.165) is 17.2 Å². The molecule has 0 unspecified atom stereocenters. The number of nitrogens with one attached hydrogen (secondary N) is 1. The zero-order chi connectivity index (χ0) is 29.0. The molecule has 1 aliphatic heterocycles. The second-order valence-electron chi connectivity index (χ2n) is 9.48. The first-order valence-corrected chi connectivity index (χ1v) is 14.4. The van der Waals surface area contributed by atoms with Gasteiger partial charge in [-0.2, -0.15) is 9.40 Å². The fourth-order valence-electron chi connectivity index (χ4n) is 4.66. The maximum absolute atomic E-state index is 13.9. The van der Waals surface area contributed by atoms with E-state index in [4.69, 9.17) is 9.72 Å². The van der Waals surface area contributed by atoms with Crippen LogP contribution in [0.15, 0.2) is 71.9 Å². The minimum absolute atomic E-state index is 0.0187. The molecule has 0 fully saturated rings. The number of hydrogen-bond acceptors (Lipinski definition) is 9. The predicted molar refractivity (Wildman–Crippen MR) is 151 cm³/mol. The Morgan fingerprint density at radius 1 is 1.12 bits per heavy atom. The Labute approximate surface area is 236 Å². The van der Waals surface area contributed by atoms with E-state index in [9.17, 15) is 23.3 Å². The summed E-state index contributed by atoms with van der Waals surface area (Å²) in [5.41, 5.74) is 2.57. The van der Waals surface area contributed by atoms with Gasteiger partial charge in [0.1, 0.15) is 5.82 Å². The van der Waals surface area contributed by atoms with E-state index >= 15 is 0 Å². The Bertz CT molecular complexity index is 1690. The molecule has 0 radical (unpaired) electrons. The lowest BCUT2D eigenvalue weighted by Crippen LogP contribution is -2.42. The van der Waals surface area contributed by atoms with Gasteiger partial charge in [0.15, 0.2) is 5.65 Å². The number of aromatic nitrogens is 3. The van der Waals surface area contributed by atoms with E-state index in [1.807, 2.05) is 24.3 Å². The van der Waals surface area contributed by atoms with Crippen molar-refractivity contribution in [1.29, 1.82) is 0 Å². The van der Waals surface area contributed by atoms with Crippen molar-refractivity contribution in [2.24, 2.45) is 0 Å². The van der Waals surface area contributed by atoms with Gasteiger partial charge in [0, 0.05) is 63.7 Å². The molecule has 0 saturated carbocycles. The summed E-state index contributed by atoms with van der Waals surface area (Å²) in [6.07, 6.45) is 3.64. The third kappa shape index (κ3) is 6.19. The summed E-state index contributed by atoms with van der Waals surface area (Å²) < 4.78 is 35.7. The molecule has 1 aliphatic rings. The number of sulfonamides is 1. The SMILES string of the molecule is COCCC(=O)N1CCNc2ccn3ncc(c3n2)-c2cccc(c2)CN(S(=O)(=O)c2cccc([N+](=O)[O-])c2)CC1. The van der Waals surface area contributed by atoms with Crippen molar-refractivity contribution in [3.8, 4) is 11.1 Å². The number of anilines is 1. The number of ether oxygens (including phenoxy) is 1. The number of nitrogens with zero attached hydrogens (tertiary/aromatic N) is 6. The van der Waals surface area contributed by atoms with Gasteiger partial charge in [-0.05, 0) is 29.3 Å². The summed E-state index contributed by atoms with van der Waals surface area (Å²) in [4.78, 5) is 29.9. The van der Waals surface area contributed by atoms with Crippen molar-refractivity contribution in [2.75, 3.05) is 45.2 Å². The molecular formula is C27H29N7O6S. The van der Waals surface area contributed by atoms with Gasteiger partial charge in [-0.15, -0.1) is 0 Å². The van der Waals surface area contributed by atoms with E-state index in [1.165, 1.54) is 29.6 Å². The molecule has 2 aromatic carbocycles. The van der Waals surface area contributed by atoms with Gasteiger partial charge in [0.25, 0.3) is 5.69 Å². The third-order valence-electron chi connectivity index (χ3n) is 6.81. The van der Waals surface area contributed by atoms with Gasteiger partial charge in [-0.3, -0.25) is 14.9 Å². The van der Waals surface area contributed by atoms with Crippen LogP contribution in [-0.4, -0.2) is 82.9 Å². The lowest BCUT2D eigenvalue weighted by atomic mass is 10.1. The molecule has 1 amide bonds. The summed E-state index contributed by atoms with van der Waals surface area (Å²) in [5, 5.41) is 19.0. The summed E-state index contributed by atoms with van der Waals surface area (Å²) >= 11 is 0. The standard InChI is InChI=1S/C27H29N7O6S/c1-40-15-9-26(35)31-12-10-28-25-8-11-33-27(30-25)24(18-29-33)21-5-2-4-20(16-21)19-32(14-13-31)41(38,39)23-7-3-6-22(17-23)34(36)37/h2-8,11,16-18H,9-10,12-15,19H2,1H3,(H,28,30). The highest BCUT2D eigenvalue weighted by molar-refractivity contribution is 7.89. The Hall–Kier alpha value is -4.40. The van der Waals surface area contributed by atoms with Gasteiger partial charge in [-0.25, -0.2) is 17.9 Å². The predicted octanol–water partition coefficient (Wildman–Crippen LogP) is 2.79. The molecule has 0 saturated heterocycles. The number of nitro benzene ring substituents is 1. The summed E-state index contributed by atoms with van der Waals surface area (Å²) in [5.74, 6) is 0.429. The van der Waals surface area contributed by atoms with Crippen molar-refractivity contribution in [2.45, 2.75) is 17.9 Å². The summed E-state index contributed by atoms with van der Waals surface area (Å²) in [6, 6.07) is 14.2. The lowest BCUT2D eigenvalue weighted by Gasteiger charge is -2.28. The van der Waals surface area contributed by atoms with Crippen molar-refractivity contribution in [3.63, 3.8) is 0 Å². The van der Waals surface area contributed by atoms with Crippen molar-refractivity contribution >= 4 is 33.1 Å². The van der Waals surface area contributed by atoms with Crippen LogP contribution < -0.4 is 5.32 Å². The fourth-order valence-corrected chi connectivity index (χ4v) is 6.12. The van der Waals surface area contributed by atoms with Crippen molar-refractivity contribution < 1.29 is 22.9 Å². The van der Waals surface area contributed by atoms with Crippen LogP contribution in [-0.2, 0) is 26.1 Å². The molecule has 0 atom stereocenters. The zero-order valence-corrected chi connectivity index (χ0v) is 23.2. The van der Waals surface area contributed by atoms with Gasteiger partial charge in [0.2, 0.25) is 15.9 Å². The number of methoxy groups -OCH3 is 1. The summed E-state index contributed by atoms with van der Waals surface area (Å²) in [7, 11) is -2.67. The molecule has 4 bridgehead atoms. The van der Waals surface area contributed by atoms with Crippen molar-refractivity contribution in [3.05, 3.63) is 82.7 Å². The summed E-state index contributed by atoms with van der Waals surface area (Å²) in [6.45, 7) is 0.951. The molecule has 214 valence electrons. The molecule has 0 spiro atoms. The molecule has 13 nitrogen and oxygen atoms in total. The zero-order valence-electron chi connectivity index (χ0n) is 22.3. The highest BCUT2D eigenvalue weighted by atomic mass is 32.2. The number of fused-ring (bicyclic) bond motifs is 4. The largest absolute Gasteiger partial charge is 0.384 e. The van der Waals surface area contributed by atoms with E-state index in [-0.39, 0.29) is 49.2 Å². The van der Waals surface area contributed by atoms with Crippen LogP contribution in [0.25, 0.3) is 16.8 Å². The first-order chi connectivity index (χ1) is 19.8. The van der Waals surface area contributed by atoms with Gasteiger partial charge < -0.3 is 15.0 Å². The Morgan fingerprint density at radius 2 is 1.95 bits per heavy atom. The fraction of sp³-hybridized carbons (Fsp3) is 0.296. The lowest BCUT2D eigenvalue weighted by molar-refractivity contribution is -0.385. The monoisotopic (exact) mass is 579 g/mol. The third-order valence-corrected chi connectivity index (χ3v) is 8.65.